The van der Waals surface area contributed by atoms with Crippen LogP contribution in [-0.4, -0.2) is 83.4 Å². The number of carbonyl (C=O) groups excluding carboxylic acids is 2. The van der Waals surface area contributed by atoms with Gasteiger partial charge in [-0.05, 0) is 26.0 Å². The van der Waals surface area contributed by atoms with E-state index in [4.69, 9.17) is 0 Å². The van der Waals surface area contributed by atoms with E-state index in [-0.39, 0.29) is 24.3 Å². The largest absolute Gasteiger partial charge is 0.355 e. The van der Waals surface area contributed by atoms with Gasteiger partial charge in [0.1, 0.15) is 11.6 Å². The van der Waals surface area contributed by atoms with Crippen LogP contribution in [0.4, 0.5) is 5.82 Å². The number of aryl methyl sites for hydroxylation is 1. The lowest BCUT2D eigenvalue weighted by molar-refractivity contribution is -0.138. The second-order valence-electron chi connectivity index (χ2n) is 6.82. The van der Waals surface area contributed by atoms with Gasteiger partial charge in [0.25, 0.3) is 0 Å². The van der Waals surface area contributed by atoms with Crippen LogP contribution in [0.2, 0.25) is 0 Å². The molecule has 3 rings (SSSR count). The maximum absolute atomic E-state index is 12.8. The van der Waals surface area contributed by atoms with Crippen LogP contribution >= 0.6 is 0 Å². The zero-order valence-electron chi connectivity index (χ0n) is 15.6. The van der Waals surface area contributed by atoms with Crippen LogP contribution in [0.1, 0.15) is 25.6 Å². The Labute approximate surface area is 154 Å². The predicted molar refractivity (Wildman–Crippen MR) is 98.8 cm³/mol. The summed E-state index contributed by atoms with van der Waals surface area (Å²) in [6.07, 6.45) is 2.92. The number of amides is 2. The van der Waals surface area contributed by atoms with Gasteiger partial charge in [-0.25, -0.2) is 9.97 Å². The summed E-state index contributed by atoms with van der Waals surface area (Å²) in [6, 6.07) is 1.57. The Morgan fingerprint density at radius 3 is 2.88 bits per heavy atom. The molecule has 1 aromatic heterocycles. The molecule has 1 unspecified atom stereocenters. The molecule has 2 fully saturated rings. The van der Waals surface area contributed by atoms with E-state index in [0.717, 1.165) is 50.8 Å². The minimum Gasteiger partial charge on any atom is -0.355 e. The van der Waals surface area contributed by atoms with E-state index in [1.54, 1.807) is 6.20 Å². The zero-order valence-corrected chi connectivity index (χ0v) is 15.6. The Hall–Kier alpha value is -2.22. The first-order chi connectivity index (χ1) is 12.6. The Kier molecular flexibility index (Phi) is 6.03. The maximum Gasteiger partial charge on any atom is 0.237 e. The van der Waals surface area contributed by atoms with Gasteiger partial charge in [-0.3, -0.25) is 14.5 Å². The van der Waals surface area contributed by atoms with Crippen molar-refractivity contribution in [2.45, 2.75) is 32.7 Å². The predicted octanol–water partition coefficient (Wildman–Crippen LogP) is 0.0341. The third kappa shape index (κ3) is 4.30. The van der Waals surface area contributed by atoms with Crippen LogP contribution in [0.15, 0.2) is 12.3 Å². The number of hydrogen-bond donors (Lipinski definition) is 1. The van der Waals surface area contributed by atoms with Crippen molar-refractivity contribution in [1.29, 1.82) is 0 Å². The average Bonchev–Trinajstić information content (AvgIpc) is 2.89. The van der Waals surface area contributed by atoms with E-state index < -0.39 is 0 Å². The summed E-state index contributed by atoms with van der Waals surface area (Å²) in [7, 11) is 0. The van der Waals surface area contributed by atoms with Gasteiger partial charge in [-0.15, -0.1) is 0 Å². The molecular formula is C18H28N6O2. The summed E-state index contributed by atoms with van der Waals surface area (Å²) in [6.45, 7) is 9.15. The van der Waals surface area contributed by atoms with Crippen LogP contribution in [0.3, 0.4) is 0 Å². The first-order valence-corrected chi connectivity index (χ1v) is 9.42. The molecule has 2 saturated heterocycles. The Morgan fingerprint density at radius 2 is 2.12 bits per heavy atom. The van der Waals surface area contributed by atoms with E-state index in [9.17, 15) is 9.59 Å². The third-order valence-electron chi connectivity index (χ3n) is 5.15. The van der Waals surface area contributed by atoms with E-state index in [1.807, 2.05) is 24.8 Å². The summed E-state index contributed by atoms with van der Waals surface area (Å²) < 4.78 is 0. The Morgan fingerprint density at radius 1 is 1.27 bits per heavy atom. The molecule has 2 amide bonds. The average molecular weight is 360 g/mol. The summed E-state index contributed by atoms with van der Waals surface area (Å²) >= 11 is 0. The lowest BCUT2D eigenvalue weighted by Gasteiger charge is -2.34. The van der Waals surface area contributed by atoms with E-state index in [0.29, 0.717) is 13.1 Å². The summed E-state index contributed by atoms with van der Waals surface area (Å²) in [5, 5.41) is 2.88. The van der Waals surface area contributed by atoms with Crippen LogP contribution < -0.4 is 10.2 Å². The third-order valence-corrected chi connectivity index (χ3v) is 5.15. The van der Waals surface area contributed by atoms with Crippen molar-refractivity contribution in [1.82, 2.24) is 25.1 Å². The molecule has 8 nitrogen and oxygen atoms in total. The van der Waals surface area contributed by atoms with Gasteiger partial charge in [-0.2, -0.15) is 0 Å². The van der Waals surface area contributed by atoms with Crippen molar-refractivity contribution < 1.29 is 9.59 Å². The van der Waals surface area contributed by atoms with Gasteiger partial charge < -0.3 is 15.1 Å². The first kappa shape index (κ1) is 18.6. The molecule has 1 atom stereocenters. The van der Waals surface area contributed by atoms with Crippen LogP contribution in [-0.2, 0) is 9.59 Å². The minimum atomic E-state index is -0.342. The molecule has 1 aromatic rings. The number of aromatic nitrogens is 2. The Balaban J connectivity index is 1.59. The topological polar surface area (TPSA) is 81.7 Å². The van der Waals surface area contributed by atoms with Crippen molar-refractivity contribution >= 4 is 17.6 Å². The molecule has 8 heteroatoms. The molecular weight excluding hydrogens is 332 g/mol. The highest BCUT2D eigenvalue weighted by atomic mass is 16.2. The molecule has 0 saturated carbocycles. The molecule has 0 aliphatic carbocycles. The van der Waals surface area contributed by atoms with Crippen molar-refractivity contribution in [3.8, 4) is 0 Å². The number of anilines is 1. The smallest absolute Gasteiger partial charge is 0.237 e. The summed E-state index contributed by atoms with van der Waals surface area (Å²) in [5.74, 6) is 1.70. The maximum atomic E-state index is 12.8. The highest BCUT2D eigenvalue weighted by molar-refractivity contribution is 5.88. The highest BCUT2D eigenvalue weighted by Gasteiger charge is 2.32. The lowest BCUT2D eigenvalue weighted by Crippen LogP contribution is -2.56. The second-order valence-corrected chi connectivity index (χ2v) is 6.82. The normalized spacial score (nSPS) is 22.1. The standard InChI is InChI=1S/C18H28N6O2/c1-3-22-10-7-20-18(26)15(22)13-17(25)24-9-4-8-23(11-12-24)16-5-6-19-14(2)21-16/h5-6,15H,3-4,7-13H2,1-2H3,(H,20,26). The number of rotatable bonds is 4. The molecule has 26 heavy (non-hydrogen) atoms. The van der Waals surface area contributed by atoms with Crippen LogP contribution in [0.5, 0.6) is 0 Å². The Bertz CT molecular complexity index is 652. The molecule has 3 heterocycles. The van der Waals surface area contributed by atoms with E-state index in [2.05, 4.69) is 25.1 Å². The number of likely N-dealkylation sites (N-methyl/N-ethyl adjacent to an activating group) is 1. The van der Waals surface area contributed by atoms with E-state index >= 15 is 0 Å². The fraction of sp³-hybridized carbons (Fsp3) is 0.667. The van der Waals surface area contributed by atoms with Crippen LogP contribution in [0.25, 0.3) is 0 Å². The van der Waals surface area contributed by atoms with Crippen molar-refractivity contribution in [3.63, 3.8) is 0 Å². The SMILES string of the molecule is CCN1CCNC(=O)C1CC(=O)N1CCCN(c2ccnc(C)n2)CC1. The lowest BCUT2D eigenvalue weighted by atomic mass is 10.1. The number of nitrogens with one attached hydrogen (secondary N) is 1. The first-order valence-electron chi connectivity index (χ1n) is 9.42. The quantitative estimate of drug-likeness (QED) is 0.816. The van der Waals surface area contributed by atoms with Crippen molar-refractivity contribution in [2.24, 2.45) is 0 Å². The van der Waals surface area contributed by atoms with Gasteiger partial charge in [0, 0.05) is 45.5 Å². The summed E-state index contributed by atoms with van der Waals surface area (Å²) in [5.41, 5.74) is 0. The van der Waals surface area contributed by atoms with Gasteiger partial charge in [-0.1, -0.05) is 6.92 Å². The molecule has 0 spiro atoms. The van der Waals surface area contributed by atoms with E-state index in [1.165, 1.54) is 0 Å². The number of carbonyl (C=O) groups is 2. The number of hydrogen-bond acceptors (Lipinski definition) is 6. The molecule has 1 N–H and O–H groups in total. The molecule has 0 radical (unpaired) electrons. The number of piperazine rings is 1. The van der Waals surface area contributed by atoms with Crippen molar-refractivity contribution in [3.05, 3.63) is 18.1 Å². The fourth-order valence-corrected chi connectivity index (χ4v) is 3.67. The molecule has 2 aliphatic heterocycles. The highest BCUT2D eigenvalue weighted by Crippen LogP contribution is 2.15. The molecule has 2 aliphatic rings. The van der Waals surface area contributed by atoms with Gasteiger partial charge >= 0.3 is 0 Å². The van der Waals surface area contributed by atoms with Gasteiger partial charge in [0.05, 0.1) is 12.5 Å². The minimum absolute atomic E-state index is 0.0284. The summed E-state index contributed by atoms with van der Waals surface area (Å²) in [4.78, 5) is 39.8. The van der Waals surface area contributed by atoms with Crippen LogP contribution in [0, 0.1) is 6.92 Å². The van der Waals surface area contributed by atoms with Gasteiger partial charge in [0.15, 0.2) is 0 Å². The molecule has 0 aromatic carbocycles. The number of nitrogens with zero attached hydrogens (tertiary/aromatic N) is 5. The van der Waals surface area contributed by atoms with Gasteiger partial charge in [0.2, 0.25) is 11.8 Å². The zero-order chi connectivity index (χ0) is 18.5. The molecule has 142 valence electrons. The monoisotopic (exact) mass is 360 g/mol. The second kappa shape index (κ2) is 8.44. The van der Waals surface area contributed by atoms with Crippen molar-refractivity contribution in [2.75, 3.05) is 50.7 Å². The molecule has 0 bridgehead atoms. The fourth-order valence-electron chi connectivity index (χ4n) is 3.67.